The molecule has 0 aromatic heterocycles. The number of nitrogens with one attached hydrogen (secondary N) is 1. The van der Waals surface area contributed by atoms with Crippen molar-refractivity contribution in [3.05, 3.63) is 108 Å². The van der Waals surface area contributed by atoms with Crippen molar-refractivity contribution in [2.45, 2.75) is 13.1 Å². The molecular formula is C38H45NO10Sn+2. The van der Waals surface area contributed by atoms with Gasteiger partial charge < -0.3 is 14.8 Å². The third-order valence-corrected chi connectivity index (χ3v) is 8.99. The Morgan fingerprint density at radius 1 is 0.360 bits per heavy atom. The standard InChI is InChI=1S/C38H47NO10.Sn/c40-33-3-1-5-37(27-33)48-25-21-44-17-15-42-19-23-46-35-11-7-31(8-12-35)29-39-30-32-9-13-36(14-10-32)47-24-20-43-16-18-45-22-26-49-38-6-2-4-34(41)28-38;/h1-14,27-28,39-41H,15-26,29-30H2;/q;+4/p-2. The van der Waals surface area contributed by atoms with Crippen LogP contribution in [-0.4, -0.2) is 101 Å². The zero-order chi connectivity index (χ0) is 34.3. The van der Waals surface area contributed by atoms with Gasteiger partial charge in [0.2, 0.25) is 0 Å². The topological polar surface area (TPSA) is 104 Å². The number of rotatable bonds is 0. The fourth-order valence-electron chi connectivity index (χ4n) is 4.65. The fourth-order valence-corrected chi connectivity index (χ4v) is 6.04. The molecule has 11 nitrogen and oxygen atoms in total. The predicted octanol–water partition coefficient (Wildman–Crippen LogP) is 5.26. The van der Waals surface area contributed by atoms with Crippen molar-refractivity contribution in [1.29, 1.82) is 0 Å². The maximum atomic E-state index is 5.94. The number of hydrogen-bond acceptors (Lipinski definition) is 11. The van der Waals surface area contributed by atoms with Gasteiger partial charge in [-0.25, -0.2) is 0 Å². The first-order valence-corrected chi connectivity index (χ1v) is 19.1. The van der Waals surface area contributed by atoms with Crippen LogP contribution in [0.4, 0.5) is 0 Å². The molecule has 0 saturated heterocycles. The first kappa shape index (κ1) is 37.5. The van der Waals surface area contributed by atoms with E-state index in [1.54, 1.807) is 0 Å². The monoisotopic (exact) mass is 795 g/mol. The van der Waals surface area contributed by atoms with Crippen molar-refractivity contribution in [2.75, 3.05) is 79.3 Å². The van der Waals surface area contributed by atoms with Crippen molar-refractivity contribution in [2.24, 2.45) is 0 Å². The van der Waals surface area contributed by atoms with E-state index in [1.165, 1.54) is 11.1 Å². The molecule has 0 saturated carbocycles. The molecule has 0 amide bonds. The second-order valence-electron chi connectivity index (χ2n) is 11.0. The van der Waals surface area contributed by atoms with Gasteiger partial charge in [0.1, 0.15) is 24.7 Å². The van der Waals surface area contributed by atoms with Crippen molar-refractivity contribution in [3.63, 3.8) is 0 Å². The van der Waals surface area contributed by atoms with Gasteiger partial charge in [-0.3, -0.25) is 0 Å². The van der Waals surface area contributed by atoms with Crippen LogP contribution in [-0.2, 0) is 32.0 Å². The summed E-state index contributed by atoms with van der Waals surface area (Å²) in [4.78, 5) is 0. The summed E-state index contributed by atoms with van der Waals surface area (Å²) < 4.78 is 57.7. The molecule has 4 aromatic rings. The molecule has 0 fully saturated rings. The average molecular weight is 794 g/mol. The van der Waals surface area contributed by atoms with Crippen molar-refractivity contribution in [1.82, 2.24) is 5.32 Å². The molecule has 3 heterocycles. The molecule has 3 aliphatic heterocycles. The minimum absolute atomic E-state index is 0.419. The normalized spacial score (nSPS) is 16.6. The summed E-state index contributed by atoms with van der Waals surface area (Å²) in [5.74, 6) is 4.46. The van der Waals surface area contributed by atoms with Crippen LogP contribution in [0.25, 0.3) is 0 Å². The zero-order valence-corrected chi connectivity index (χ0v) is 31.1. The van der Waals surface area contributed by atoms with E-state index in [2.05, 4.69) is 29.6 Å². The Kier molecular flexibility index (Phi) is 17.2. The van der Waals surface area contributed by atoms with Crippen molar-refractivity contribution >= 4 is 22.0 Å². The zero-order valence-electron chi connectivity index (χ0n) is 28.2. The average Bonchev–Trinajstić information content (AvgIpc) is 3.14. The number of fused-ring (bicyclic) bond motifs is 2. The van der Waals surface area contributed by atoms with Gasteiger partial charge in [0, 0.05) is 13.1 Å². The summed E-state index contributed by atoms with van der Waals surface area (Å²) in [6.07, 6.45) is 0. The molecular weight excluding hydrogens is 749 g/mol. The molecule has 50 heavy (non-hydrogen) atoms. The van der Waals surface area contributed by atoms with E-state index in [0.717, 1.165) is 24.6 Å². The van der Waals surface area contributed by atoms with E-state index in [4.69, 9.17) is 44.0 Å². The Labute approximate surface area is 305 Å². The summed E-state index contributed by atoms with van der Waals surface area (Å²) in [7, 11) is 0. The molecule has 4 aromatic carbocycles. The second kappa shape index (κ2) is 22.9. The molecule has 8 bridgehead atoms. The third kappa shape index (κ3) is 15.0. The number of hydrogen-bond donors (Lipinski definition) is 1. The number of benzene rings is 4. The van der Waals surface area contributed by atoms with Gasteiger partial charge in [-0.15, -0.1) is 0 Å². The summed E-state index contributed by atoms with van der Waals surface area (Å²) in [5, 5.41) is 3.48. The van der Waals surface area contributed by atoms with Crippen LogP contribution in [0.1, 0.15) is 11.1 Å². The Balaban J connectivity index is 1.04. The van der Waals surface area contributed by atoms with E-state index in [0.29, 0.717) is 102 Å². The van der Waals surface area contributed by atoms with E-state index >= 15 is 0 Å². The van der Waals surface area contributed by atoms with Gasteiger partial charge in [0.05, 0.1) is 0 Å². The van der Waals surface area contributed by atoms with Gasteiger partial charge in [-0.05, 0) is 35.4 Å². The first-order valence-electron chi connectivity index (χ1n) is 16.8. The van der Waals surface area contributed by atoms with E-state index < -0.39 is 22.0 Å². The van der Waals surface area contributed by atoms with Crippen molar-refractivity contribution in [3.8, 4) is 34.5 Å². The molecule has 0 unspecified atom stereocenters. The molecule has 3 aliphatic rings. The van der Waals surface area contributed by atoms with E-state index in [9.17, 15) is 0 Å². The van der Waals surface area contributed by atoms with Crippen LogP contribution in [0, 0.1) is 0 Å². The van der Waals surface area contributed by atoms with Crippen LogP contribution in [0.15, 0.2) is 97.1 Å². The van der Waals surface area contributed by atoms with Crippen LogP contribution in [0.3, 0.4) is 0 Å². The van der Waals surface area contributed by atoms with Gasteiger partial charge in [0.25, 0.3) is 0 Å². The maximum absolute atomic E-state index is 5.94. The Bertz CT molecular complexity index is 1380. The van der Waals surface area contributed by atoms with Gasteiger partial charge in [0.15, 0.2) is 0 Å². The first-order chi connectivity index (χ1) is 24.8. The Hall–Kier alpha value is -3.72. The molecule has 0 atom stereocenters. The molecule has 264 valence electrons. The van der Waals surface area contributed by atoms with Gasteiger partial charge in [-0.1, -0.05) is 24.3 Å². The summed E-state index contributed by atoms with van der Waals surface area (Å²) in [6, 6.07) is 31.2. The molecule has 1 N–H and O–H groups in total. The van der Waals surface area contributed by atoms with Crippen molar-refractivity contribution < 1.29 is 44.0 Å². The van der Waals surface area contributed by atoms with E-state index in [1.807, 2.05) is 72.8 Å². The van der Waals surface area contributed by atoms with E-state index in [-0.39, 0.29) is 0 Å². The predicted molar refractivity (Wildman–Crippen MR) is 189 cm³/mol. The van der Waals surface area contributed by atoms with Crippen LogP contribution < -0.4 is 30.4 Å². The fraction of sp³-hybridized carbons (Fsp3) is 0.368. The minimum atomic E-state index is -1.65. The molecule has 0 radical (unpaired) electrons. The molecule has 0 spiro atoms. The summed E-state index contributed by atoms with van der Waals surface area (Å²) in [6.45, 7) is 7.08. The molecule has 0 aliphatic carbocycles. The third-order valence-electron chi connectivity index (χ3n) is 7.16. The Morgan fingerprint density at radius 3 is 1.10 bits per heavy atom. The second-order valence-corrected chi connectivity index (χ2v) is 12.6. The SMILES string of the molecule is c1cc2cc(c1)[O][Sn+2][O]c1cccc(c1)OCCOCCOCCOc1ccc(cc1)CNCc1ccc(cc1)OCCOCCOCCO2. The molecule has 12 heteroatoms. The van der Waals surface area contributed by atoms with Crippen LogP contribution in [0.5, 0.6) is 34.5 Å². The van der Waals surface area contributed by atoms with Crippen LogP contribution >= 0.6 is 0 Å². The number of ether oxygens (including phenoxy) is 8. The Morgan fingerprint density at radius 2 is 0.700 bits per heavy atom. The quantitative estimate of drug-likeness (QED) is 0.236. The summed E-state index contributed by atoms with van der Waals surface area (Å²) >= 11 is -1.65. The summed E-state index contributed by atoms with van der Waals surface area (Å²) in [5.41, 5.74) is 2.36. The molecule has 7 rings (SSSR count). The van der Waals surface area contributed by atoms with Gasteiger partial charge >= 0.3 is 194 Å². The van der Waals surface area contributed by atoms with Gasteiger partial charge in [-0.2, -0.15) is 0 Å². The van der Waals surface area contributed by atoms with Crippen LogP contribution in [0.2, 0.25) is 0 Å².